The molecule has 4 rings (SSSR count). The third kappa shape index (κ3) is 9.67. The normalized spacial score (nSPS) is 39.2. The summed E-state index contributed by atoms with van der Waals surface area (Å²) in [7, 11) is 3.07. The Morgan fingerprint density at radius 2 is 1.75 bits per heavy atom. The molecule has 2 saturated heterocycles. The van der Waals surface area contributed by atoms with Crippen LogP contribution in [0.15, 0.2) is 34.9 Å². The molecule has 3 heterocycles. The van der Waals surface area contributed by atoms with Gasteiger partial charge in [0, 0.05) is 33.1 Å². The minimum Gasteiger partial charge on any atom is -0.455 e. The van der Waals surface area contributed by atoms with Crippen LogP contribution in [-0.2, 0) is 38.1 Å². The number of hydrogen-bond donors (Lipinski definition) is 3. The molecule has 12 nitrogen and oxygen atoms in total. The van der Waals surface area contributed by atoms with Crippen LogP contribution in [0, 0.1) is 17.8 Å². The van der Waals surface area contributed by atoms with E-state index in [2.05, 4.69) is 13.0 Å². The van der Waals surface area contributed by atoms with E-state index in [0.717, 1.165) is 24.8 Å². The third-order valence-electron chi connectivity index (χ3n) is 11.5. The van der Waals surface area contributed by atoms with Crippen LogP contribution in [0.25, 0.3) is 0 Å². The van der Waals surface area contributed by atoms with E-state index < -0.39 is 72.0 Å². The number of nitrogens with two attached hydrogens (primary N) is 1. The summed E-state index contributed by atoms with van der Waals surface area (Å²) >= 11 is 0. The number of aliphatic hydroxyl groups is 2. The fourth-order valence-electron chi connectivity index (χ4n) is 8.42. The van der Waals surface area contributed by atoms with Crippen LogP contribution in [-0.4, -0.2) is 108 Å². The Balaban J connectivity index is 1.77. The first kappa shape index (κ1) is 42.0. The highest BCUT2D eigenvalue weighted by Gasteiger charge is 2.56. The molecule has 2 fully saturated rings. The average molecular weight is 731 g/mol. The van der Waals surface area contributed by atoms with Crippen molar-refractivity contribution in [2.45, 2.75) is 154 Å². The molecule has 4 aliphatic rings. The van der Waals surface area contributed by atoms with Crippen molar-refractivity contribution in [2.75, 3.05) is 20.8 Å². The van der Waals surface area contributed by atoms with Gasteiger partial charge in [-0.1, -0.05) is 51.5 Å². The second-order valence-electron chi connectivity index (χ2n) is 15.6. The number of carbonyl (C=O) groups is 4. The number of aliphatic hydroxyl groups excluding tert-OH is 1. The molecule has 0 radical (unpaired) electrons. The summed E-state index contributed by atoms with van der Waals surface area (Å²) in [5, 5.41) is 23.3. The number of carbonyl (C=O) groups excluding carboxylic acids is 4. The summed E-state index contributed by atoms with van der Waals surface area (Å²) in [5.41, 5.74) is 8.90. The van der Waals surface area contributed by atoms with Crippen LogP contribution >= 0.6 is 0 Å². The van der Waals surface area contributed by atoms with Gasteiger partial charge in [0.05, 0.1) is 24.4 Å². The second-order valence-corrected chi connectivity index (χ2v) is 15.6. The molecule has 3 aliphatic heterocycles. The second kappa shape index (κ2) is 18.5. The molecule has 12 heteroatoms. The van der Waals surface area contributed by atoms with Crippen molar-refractivity contribution in [1.29, 1.82) is 0 Å². The van der Waals surface area contributed by atoms with E-state index in [9.17, 15) is 29.4 Å². The van der Waals surface area contributed by atoms with E-state index in [4.69, 9.17) is 24.7 Å². The number of piperidine rings is 1. The zero-order chi connectivity index (χ0) is 38.3. The van der Waals surface area contributed by atoms with Gasteiger partial charge in [-0.25, -0.2) is 4.79 Å². The first-order valence-corrected chi connectivity index (χ1v) is 19.2. The van der Waals surface area contributed by atoms with Crippen molar-refractivity contribution >= 4 is 23.4 Å². The Kier molecular flexibility index (Phi) is 15.0. The smallest absolute Gasteiger partial charge is 0.329 e. The number of esters is 1. The van der Waals surface area contributed by atoms with E-state index in [-0.39, 0.29) is 43.4 Å². The molecule has 11 unspecified atom stereocenters. The number of rotatable bonds is 5. The average Bonchev–Trinajstić information content (AvgIpc) is 3.64. The highest BCUT2D eigenvalue weighted by molar-refractivity contribution is 6.39. The Hall–Kier alpha value is -2.74. The lowest BCUT2D eigenvalue weighted by Gasteiger charge is -2.47. The first-order valence-electron chi connectivity index (χ1n) is 19.2. The van der Waals surface area contributed by atoms with E-state index in [0.29, 0.717) is 43.3 Å². The minimum atomic E-state index is -2.49. The van der Waals surface area contributed by atoms with Gasteiger partial charge < -0.3 is 39.8 Å². The van der Waals surface area contributed by atoms with Gasteiger partial charge in [-0.05, 0) is 94.1 Å². The molecule has 4 N–H and O–H groups in total. The SMILES string of the molecule is CC/C1=C\C(C)CC(C)CC(OC)C2OC(O)(C(=O)C(=O)N3CCCCC3C(=O)OC(C(C)=CC3=CCCC3)C(N)C(O)CC1=O)C(C)CC2OC. The maximum absolute atomic E-state index is 14.1. The van der Waals surface area contributed by atoms with Gasteiger partial charge in [0.25, 0.3) is 11.7 Å². The molecular formula is C40H62N2O10. The number of methoxy groups -OCH3 is 2. The lowest BCUT2D eigenvalue weighted by Crippen LogP contribution is -2.64. The number of hydrogen-bond acceptors (Lipinski definition) is 11. The van der Waals surface area contributed by atoms with Gasteiger partial charge in [-0.2, -0.15) is 0 Å². The largest absolute Gasteiger partial charge is 0.455 e. The first-order chi connectivity index (χ1) is 24.6. The zero-order valence-electron chi connectivity index (χ0n) is 32.2. The molecule has 11 atom stereocenters. The summed E-state index contributed by atoms with van der Waals surface area (Å²) in [4.78, 5) is 57.0. The van der Waals surface area contributed by atoms with Crippen LogP contribution in [0.4, 0.5) is 0 Å². The van der Waals surface area contributed by atoms with Crippen molar-refractivity contribution in [3.8, 4) is 0 Å². The lowest BCUT2D eigenvalue weighted by atomic mass is 9.81. The number of Topliss-reactive ketones (excluding diaryl/α,β-unsaturated/α-hetero) is 2. The van der Waals surface area contributed by atoms with Gasteiger partial charge >= 0.3 is 5.97 Å². The molecule has 0 aromatic carbocycles. The van der Waals surface area contributed by atoms with Crippen molar-refractivity contribution in [1.82, 2.24) is 4.90 Å². The molecule has 2 bridgehead atoms. The predicted octanol–water partition coefficient (Wildman–Crippen LogP) is 4.10. The number of cyclic esters (lactones) is 1. The van der Waals surface area contributed by atoms with E-state index in [1.54, 1.807) is 13.8 Å². The number of fused-ring (bicyclic) bond motifs is 3. The predicted molar refractivity (Wildman–Crippen MR) is 195 cm³/mol. The molecular weight excluding hydrogens is 668 g/mol. The van der Waals surface area contributed by atoms with Gasteiger partial charge in [0.15, 0.2) is 5.78 Å². The molecule has 292 valence electrons. The molecule has 1 amide bonds. The van der Waals surface area contributed by atoms with E-state index >= 15 is 0 Å². The number of ether oxygens (including phenoxy) is 4. The maximum atomic E-state index is 14.1. The van der Waals surface area contributed by atoms with E-state index in [1.807, 2.05) is 26.0 Å². The van der Waals surface area contributed by atoms with Crippen molar-refractivity contribution in [3.05, 3.63) is 34.9 Å². The quantitative estimate of drug-likeness (QED) is 0.275. The highest BCUT2D eigenvalue weighted by Crippen LogP contribution is 2.39. The van der Waals surface area contributed by atoms with Gasteiger partial charge in [-0.3, -0.25) is 14.4 Å². The number of allylic oxidation sites excluding steroid dienone is 5. The topological polar surface area (TPSA) is 175 Å². The minimum absolute atomic E-state index is 0.0102. The summed E-state index contributed by atoms with van der Waals surface area (Å²) < 4.78 is 24.0. The number of ketones is 2. The monoisotopic (exact) mass is 730 g/mol. The van der Waals surface area contributed by atoms with Crippen LogP contribution in [0.5, 0.6) is 0 Å². The molecule has 0 aromatic rings. The molecule has 0 saturated carbocycles. The molecule has 0 aromatic heterocycles. The van der Waals surface area contributed by atoms with Crippen LogP contribution in [0.1, 0.15) is 105 Å². The summed E-state index contributed by atoms with van der Waals surface area (Å²) in [6.45, 7) is 9.48. The Labute approximate surface area is 309 Å². The zero-order valence-corrected chi connectivity index (χ0v) is 32.2. The highest BCUT2D eigenvalue weighted by atomic mass is 16.7. The lowest BCUT2D eigenvalue weighted by molar-refractivity contribution is -0.302. The molecule has 0 spiro atoms. The number of amides is 1. The van der Waals surface area contributed by atoms with Crippen LogP contribution < -0.4 is 5.73 Å². The Bertz CT molecular complexity index is 1390. The third-order valence-corrected chi connectivity index (χ3v) is 11.5. The Morgan fingerprint density at radius 3 is 2.38 bits per heavy atom. The summed E-state index contributed by atoms with van der Waals surface area (Å²) in [6.07, 6.45) is 7.25. The Morgan fingerprint density at radius 1 is 1.06 bits per heavy atom. The summed E-state index contributed by atoms with van der Waals surface area (Å²) in [5.74, 6) is -6.46. The fourth-order valence-corrected chi connectivity index (χ4v) is 8.42. The standard InChI is InChI=1S/C40H62N2O10/c1-8-28-18-23(2)17-24(3)19-32(49-6)36-33(50-7)21-26(5)40(48,52-36)37(45)38(46)42-16-12-11-15-29(42)39(47)51-35(34(41)31(44)22-30(28)43)25(4)20-27-13-9-10-14-27/h13,18,20,23-24,26,29,31-36,44,48H,8-12,14-17,19,21-22,41H2,1-7H3/b25-20?,28-18+. The van der Waals surface area contributed by atoms with Gasteiger partial charge in [-0.15, -0.1) is 0 Å². The van der Waals surface area contributed by atoms with Crippen LogP contribution in [0.2, 0.25) is 0 Å². The molecule has 52 heavy (non-hydrogen) atoms. The molecule has 1 aliphatic carbocycles. The van der Waals surface area contributed by atoms with Crippen molar-refractivity contribution < 1.29 is 48.3 Å². The van der Waals surface area contributed by atoms with Gasteiger partial charge in [0.1, 0.15) is 18.2 Å². The fraction of sp³-hybridized carbons (Fsp3) is 0.750. The summed E-state index contributed by atoms with van der Waals surface area (Å²) in [6, 6.07) is -2.29. The van der Waals surface area contributed by atoms with Crippen molar-refractivity contribution in [3.63, 3.8) is 0 Å². The van der Waals surface area contributed by atoms with E-state index in [1.165, 1.54) is 19.1 Å². The maximum Gasteiger partial charge on any atom is 0.329 e. The number of nitrogens with zero attached hydrogens (tertiary/aromatic N) is 1. The van der Waals surface area contributed by atoms with Crippen molar-refractivity contribution in [2.24, 2.45) is 23.5 Å². The van der Waals surface area contributed by atoms with Crippen LogP contribution in [0.3, 0.4) is 0 Å². The van der Waals surface area contributed by atoms with Gasteiger partial charge in [0.2, 0.25) is 5.79 Å².